The molecule has 0 unspecified atom stereocenters. The first kappa shape index (κ1) is 19.5. The van der Waals surface area contributed by atoms with Crippen LogP contribution in [-0.2, 0) is 14.9 Å². The molecule has 0 saturated carbocycles. The summed E-state index contributed by atoms with van der Waals surface area (Å²) < 4.78 is 32.3. The maximum Gasteiger partial charge on any atom is 0.422 e. The van der Waals surface area contributed by atoms with Crippen molar-refractivity contribution in [1.82, 2.24) is 14.3 Å². The van der Waals surface area contributed by atoms with Gasteiger partial charge in [0.1, 0.15) is 5.60 Å². The second-order valence-electron chi connectivity index (χ2n) is 6.50. The minimum Gasteiger partial charge on any atom is -0.465 e. The quantitative estimate of drug-likeness (QED) is 0.682. The number of nitrogens with zero attached hydrogens (tertiary/aromatic N) is 1. The minimum absolute atomic E-state index is 0.176. The Balaban J connectivity index is 2.29. The Kier molecular flexibility index (Phi) is 6.63. The van der Waals surface area contributed by atoms with Gasteiger partial charge in [0.05, 0.1) is 0 Å². The van der Waals surface area contributed by atoms with E-state index in [2.05, 4.69) is 4.72 Å². The monoisotopic (exact) mass is 351 g/mol. The fraction of sp³-hybridized carbons (Fsp3) is 0.846. The van der Waals surface area contributed by atoms with Gasteiger partial charge in [0.2, 0.25) is 0 Å². The standard InChI is InChI=1S/C13H25N3O6S/c1-13(2,3)22-11(17)15-23(20,21)14-7-4-10-5-8-16(9-6-10)12(18)19/h10,14H,4-9H2,1-3H3,(H,15,17)(H,18,19). The highest BCUT2D eigenvalue weighted by molar-refractivity contribution is 7.88. The van der Waals surface area contributed by atoms with Crippen LogP contribution < -0.4 is 9.44 Å². The molecular formula is C13H25N3O6S. The number of hydrogen-bond donors (Lipinski definition) is 3. The fourth-order valence-electron chi connectivity index (χ4n) is 2.26. The summed E-state index contributed by atoms with van der Waals surface area (Å²) in [7, 11) is -3.96. The zero-order valence-corrected chi connectivity index (χ0v) is 14.5. The number of carboxylic acid groups (broad SMARTS) is 1. The summed E-state index contributed by atoms with van der Waals surface area (Å²) in [6, 6.07) is 0. The Hall–Kier alpha value is -1.55. The number of likely N-dealkylation sites (tertiary alicyclic amines) is 1. The normalized spacial score (nSPS) is 16.9. The Morgan fingerprint density at radius 3 is 2.30 bits per heavy atom. The summed E-state index contributed by atoms with van der Waals surface area (Å²) in [6.07, 6.45) is 0.0366. The lowest BCUT2D eigenvalue weighted by molar-refractivity contribution is 0.0569. The second kappa shape index (κ2) is 7.82. The summed E-state index contributed by atoms with van der Waals surface area (Å²) in [4.78, 5) is 23.6. The highest BCUT2D eigenvalue weighted by Crippen LogP contribution is 2.19. The molecule has 0 aliphatic carbocycles. The summed E-state index contributed by atoms with van der Waals surface area (Å²) >= 11 is 0. The molecule has 10 heteroatoms. The van der Waals surface area contributed by atoms with Gasteiger partial charge in [0.15, 0.2) is 0 Å². The number of rotatable bonds is 5. The third-order valence-electron chi connectivity index (χ3n) is 3.35. The van der Waals surface area contributed by atoms with E-state index in [4.69, 9.17) is 9.84 Å². The third kappa shape index (κ3) is 8.03. The average molecular weight is 351 g/mol. The highest BCUT2D eigenvalue weighted by Gasteiger charge is 2.24. The number of piperidine rings is 1. The van der Waals surface area contributed by atoms with Gasteiger partial charge in [-0.1, -0.05) is 0 Å². The number of nitrogens with one attached hydrogen (secondary N) is 2. The Labute approximate surface area is 136 Å². The summed E-state index contributed by atoms with van der Waals surface area (Å²) in [5.41, 5.74) is -0.780. The summed E-state index contributed by atoms with van der Waals surface area (Å²) in [5, 5.41) is 8.85. The van der Waals surface area contributed by atoms with Crippen molar-refractivity contribution in [2.75, 3.05) is 19.6 Å². The van der Waals surface area contributed by atoms with Crippen LogP contribution in [0.15, 0.2) is 0 Å². The number of amides is 2. The molecule has 0 aromatic rings. The molecule has 9 nitrogen and oxygen atoms in total. The van der Waals surface area contributed by atoms with Crippen LogP contribution in [0.3, 0.4) is 0 Å². The smallest absolute Gasteiger partial charge is 0.422 e. The van der Waals surface area contributed by atoms with Crippen molar-refractivity contribution in [2.45, 2.75) is 45.6 Å². The molecule has 0 aromatic heterocycles. The predicted octanol–water partition coefficient (Wildman–Crippen LogP) is 1.13. The Bertz CT molecular complexity index is 520. The first-order valence-corrected chi connectivity index (χ1v) is 8.95. The van der Waals surface area contributed by atoms with Gasteiger partial charge in [-0.3, -0.25) is 0 Å². The fourth-order valence-corrected chi connectivity index (χ4v) is 2.97. The number of carbonyl (C=O) groups excluding carboxylic acids is 1. The van der Waals surface area contributed by atoms with Gasteiger partial charge in [0, 0.05) is 19.6 Å². The first-order chi connectivity index (χ1) is 10.5. The van der Waals surface area contributed by atoms with Gasteiger partial charge in [-0.05, 0) is 46.0 Å². The molecule has 134 valence electrons. The van der Waals surface area contributed by atoms with E-state index >= 15 is 0 Å². The maximum atomic E-state index is 11.7. The van der Waals surface area contributed by atoms with Crippen molar-refractivity contribution >= 4 is 22.4 Å². The zero-order valence-electron chi connectivity index (χ0n) is 13.7. The first-order valence-electron chi connectivity index (χ1n) is 7.47. The molecule has 0 radical (unpaired) electrons. The van der Waals surface area contributed by atoms with Crippen molar-refractivity contribution in [2.24, 2.45) is 5.92 Å². The van der Waals surface area contributed by atoms with Gasteiger partial charge in [-0.15, -0.1) is 0 Å². The maximum absolute atomic E-state index is 11.7. The molecule has 0 atom stereocenters. The van der Waals surface area contributed by atoms with E-state index in [0.29, 0.717) is 32.4 Å². The van der Waals surface area contributed by atoms with Gasteiger partial charge >= 0.3 is 22.4 Å². The van der Waals surface area contributed by atoms with E-state index in [-0.39, 0.29) is 12.5 Å². The molecule has 1 fully saturated rings. The lowest BCUT2D eigenvalue weighted by Gasteiger charge is -2.29. The lowest BCUT2D eigenvalue weighted by Crippen LogP contribution is -2.43. The zero-order chi connectivity index (χ0) is 17.7. The van der Waals surface area contributed by atoms with Gasteiger partial charge in [-0.25, -0.2) is 14.3 Å². The van der Waals surface area contributed by atoms with E-state index in [0.717, 1.165) is 0 Å². The molecule has 0 aromatic carbocycles. The van der Waals surface area contributed by atoms with E-state index in [9.17, 15) is 18.0 Å². The Morgan fingerprint density at radius 1 is 1.26 bits per heavy atom. The SMILES string of the molecule is CC(C)(C)OC(=O)NS(=O)(=O)NCCC1CCN(C(=O)O)CC1. The van der Waals surface area contributed by atoms with Crippen molar-refractivity contribution in [1.29, 1.82) is 0 Å². The molecular weight excluding hydrogens is 326 g/mol. The predicted molar refractivity (Wildman–Crippen MR) is 83.2 cm³/mol. The van der Waals surface area contributed by atoms with Crippen LogP contribution in [0.4, 0.5) is 9.59 Å². The topological polar surface area (TPSA) is 125 Å². The van der Waals surface area contributed by atoms with Crippen LogP contribution in [0.25, 0.3) is 0 Å². The van der Waals surface area contributed by atoms with Crippen LogP contribution in [0.2, 0.25) is 0 Å². The van der Waals surface area contributed by atoms with Crippen molar-refractivity contribution in [3.63, 3.8) is 0 Å². The van der Waals surface area contributed by atoms with Crippen LogP contribution in [-0.4, -0.2) is 55.8 Å². The summed E-state index contributed by atoms with van der Waals surface area (Å²) in [5.74, 6) is 0.259. The summed E-state index contributed by atoms with van der Waals surface area (Å²) in [6.45, 7) is 6.00. The molecule has 23 heavy (non-hydrogen) atoms. The van der Waals surface area contributed by atoms with E-state index < -0.39 is 28.0 Å². The molecule has 1 heterocycles. The Morgan fingerprint density at radius 2 is 1.83 bits per heavy atom. The van der Waals surface area contributed by atoms with Crippen molar-refractivity contribution in [3.8, 4) is 0 Å². The van der Waals surface area contributed by atoms with Crippen molar-refractivity contribution < 1.29 is 27.9 Å². The molecule has 1 saturated heterocycles. The van der Waals surface area contributed by atoms with Crippen LogP contribution in [0, 0.1) is 5.92 Å². The van der Waals surface area contributed by atoms with Gasteiger partial charge in [0.25, 0.3) is 0 Å². The van der Waals surface area contributed by atoms with Crippen molar-refractivity contribution in [3.05, 3.63) is 0 Å². The molecule has 0 spiro atoms. The largest absolute Gasteiger partial charge is 0.465 e. The number of ether oxygens (including phenoxy) is 1. The molecule has 1 rings (SSSR count). The highest BCUT2D eigenvalue weighted by atomic mass is 32.2. The van der Waals surface area contributed by atoms with E-state index in [1.54, 1.807) is 25.5 Å². The van der Waals surface area contributed by atoms with E-state index in [1.807, 2.05) is 0 Å². The number of carbonyl (C=O) groups is 2. The third-order valence-corrected chi connectivity index (χ3v) is 4.37. The van der Waals surface area contributed by atoms with Gasteiger partial charge < -0.3 is 14.7 Å². The van der Waals surface area contributed by atoms with Crippen LogP contribution in [0.5, 0.6) is 0 Å². The number of hydrogen-bond acceptors (Lipinski definition) is 5. The molecule has 0 bridgehead atoms. The molecule has 3 N–H and O–H groups in total. The van der Waals surface area contributed by atoms with E-state index in [1.165, 1.54) is 4.90 Å². The van der Waals surface area contributed by atoms with Crippen LogP contribution in [0.1, 0.15) is 40.0 Å². The molecule has 2 amide bonds. The van der Waals surface area contributed by atoms with Gasteiger partial charge in [-0.2, -0.15) is 13.1 Å². The van der Waals surface area contributed by atoms with Crippen LogP contribution >= 0.6 is 0 Å². The lowest BCUT2D eigenvalue weighted by atomic mass is 9.94. The average Bonchev–Trinajstić information content (AvgIpc) is 2.35. The molecule has 1 aliphatic rings. The second-order valence-corrected chi connectivity index (χ2v) is 8.00. The minimum atomic E-state index is -3.96. The molecule has 1 aliphatic heterocycles.